The lowest BCUT2D eigenvalue weighted by molar-refractivity contribution is 0.176. The molecule has 0 saturated heterocycles. The number of nitrogens with zero attached hydrogens (tertiary/aromatic N) is 2. The van der Waals surface area contributed by atoms with Gasteiger partial charge in [0.15, 0.2) is 0 Å². The normalized spacial score (nSPS) is 11.7. The van der Waals surface area contributed by atoms with E-state index in [1.54, 1.807) is 0 Å². The van der Waals surface area contributed by atoms with E-state index in [1.165, 1.54) is 0 Å². The van der Waals surface area contributed by atoms with Crippen molar-refractivity contribution in [2.24, 2.45) is 23.7 Å². The van der Waals surface area contributed by atoms with Gasteiger partial charge in [0.1, 0.15) is 0 Å². The smallest absolute Gasteiger partial charge is 0.0135 e. The average Bonchev–Trinajstić information content (AvgIpc) is 2.28. The molecule has 0 heterocycles. The molecule has 0 aromatic carbocycles. The summed E-state index contributed by atoms with van der Waals surface area (Å²) in [4.78, 5) is 4.63. The molecule has 0 N–H and O–H groups in total. The summed E-state index contributed by atoms with van der Waals surface area (Å²) in [5.41, 5.74) is 0. The molecule has 0 bridgehead atoms. The molecule has 22 heavy (non-hydrogen) atoms. The minimum Gasteiger partial charge on any atom is -0.306 e. The van der Waals surface area contributed by atoms with Gasteiger partial charge >= 0.3 is 0 Å². The lowest BCUT2D eigenvalue weighted by Crippen LogP contribution is -2.37. The molecule has 0 amide bonds. The summed E-state index contributed by atoms with van der Waals surface area (Å²) < 4.78 is 0. The van der Waals surface area contributed by atoms with Crippen LogP contribution in [-0.4, -0.2) is 50.1 Å². The summed E-state index contributed by atoms with van der Waals surface area (Å²) in [6.45, 7) is 22.3. The van der Waals surface area contributed by atoms with Crippen molar-refractivity contribution in [1.82, 2.24) is 9.80 Å². The molecular formula is C20H48N2. The fourth-order valence-corrected chi connectivity index (χ4v) is 3.92. The van der Waals surface area contributed by atoms with Crippen molar-refractivity contribution in [2.45, 2.75) is 81.3 Å². The summed E-state index contributed by atoms with van der Waals surface area (Å²) in [5, 5.41) is 0. The molecule has 0 unspecified atom stereocenters. The quantitative estimate of drug-likeness (QED) is 0.640. The lowest BCUT2D eigenvalue weighted by atomic mass is 9.92. The summed E-state index contributed by atoms with van der Waals surface area (Å²) in [6.07, 6.45) is 0. The third-order valence-corrected chi connectivity index (χ3v) is 3.92. The van der Waals surface area contributed by atoms with Crippen LogP contribution in [0, 0.1) is 23.7 Å². The van der Waals surface area contributed by atoms with Crippen LogP contribution in [0.3, 0.4) is 0 Å². The van der Waals surface area contributed by atoms with Crippen LogP contribution in [0.5, 0.6) is 0 Å². The average molecular weight is 317 g/mol. The second-order valence-electron chi connectivity index (χ2n) is 7.88. The SMILES string of the molecule is CC.CC(C)C(C(C)C)N(C)C.CC(C)C(C(C)C)N(C)C. The van der Waals surface area contributed by atoms with E-state index >= 15 is 0 Å². The highest BCUT2D eigenvalue weighted by atomic mass is 15.1. The molecule has 0 fully saturated rings. The first kappa shape index (κ1) is 26.8. The maximum atomic E-state index is 2.31. The monoisotopic (exact) mass is 316 g/mol. The standard InChI is InChI=1S/2C9H21N.C2H6/c2*1-7(2)9(8(3)4)10(5)6;1-2/h2*7-9H,1-6H3;1-2H3. The number of rotatable bonds is 6. The summed E-state index contributed by atoms with van der Waals surface area (Å²) in [5.74, 6) is 3.04. The highest BCUT2D eigenvalue weighted by Crippen LogP contribution is 2.16. The molecule has 0 aliphatic heterocycles. The zero-order valence-electron chi connectivity index (χ0n) is 18.4. The van der Waals surface area contributed by atoms with E-state index < -0.39 is 0 Å². The molecule has 0 spiro atoms. The Balaban J connectivity index is -0.000000294. The van der Waals surface area contributed by atoms with Crippen LogP contribution in [0.4, 0.5) is 0 Å². The van der Waals surface area contributed by atoms with Crippen molar-refractivity contribution in [2.75, 3.05) is 28.2 Å². The Hall–Kier alpha value is -0.0800. The highest BCUT2D eigenvalue weighted by Gasteiger charge is 2.19. The number of hydrogen-bond acceptors (Lipinski definition) is 2. The van der Waals surface area contributed by atoms with Crippen molar-refractivity contribution in [3.05, 3.63) is 0 Å². The van der Waals surface area contributed by atoms with Crippen molar-refractivity contribution in [3.8, 4) is 0 Å². The van der Waals surface area contributed by atoms with Crippen LogP contribution in [0.25, 0.3) is 0 Å². The topological polar surface area (TPSA) is 6.48 Å². The van der Waals surface area contributed by atoms with Gasteiger partial charge in [-0.2, -0.15) is 0 Å². The summed E-state index contributed by atoms with van der Waals surface area (Å²) in [7, 11) is 8.63. The Labute approximate surface area is 143 Å². The van der Waals surface area contributed by atoms with Gasteiger partial charge < -0.3 is 9.80 Å². The van der Waals surface area contributed by atoms with Gasteiger partial charge in [-0.05, 0) is 51.9 Å². The fraction of sp³-hybridized carbons (Fsp3) is 1.00. The van der Waals surface area contributed by atoms with Crippen molar-refractivity contribution in [1.29, 1.82) is 0 Å². The second kappa shape index (κ2) is 14.5. The minimum atomic E-state index is 0.722. The largest absolute Gasteiger partial charge is 0.306 e. The molecule has 2 heteroatoms. The minimum absolute atomic E-state index is 0.722. The van der Waals surface area contributed by atoms with Crippen LogP contribution < -0.4 is 0 Å². The van der Waals surface area contributed by atoms with E-state index in [2.05, 4.69) is 93.4 Å². The molecule has 138 valence electrons. The first-order valence-corrected chi connectivity index (χ1v) is 9.26. The fourth-order valence-electron chi connectivity index (χ4n) is 3.92. The molecule has 0 atom stereocenters. The van der Waals surface area contributed by atoms with E-state index in [0.29, 0.717) is 0 Å². The van der Waals surface area contributed by atoms with Gasteiger partial charge in [0.2, 0.25) is 0 Å². The first-order valence-electron chi connectivity index (χ1n) is 9.26. The maximum absolute atomic E-state index is 2.31. The molecular weight excluding hydrogens is 268 g/mol. The van der Waals surface area contributed by atoms with Crippen molar-refractivity contribution < 1.29 is 0 Å². The molecule has 0 aliphatic rings. The van der Waals surface area contributed by atoms with Crippen LogP contribution in [0.2, 0.25) is 0 Å². The van der Waals surface area contributed by atoms with E-state index in [4.69, 9.17) is 0 Å². The number of hydrogen-bond donors (Lipinski definition) is 0. The molecule has 2 nitrogen and oxygen atoms in total. The Morgan fingerprint density at radius 1 is 0.409 bits per heavy atom. The molecule has 0 rings (SSSR count). The lowest BCUT2D eigenvalue weighted by Gasteiger charge is -2.31. The van der Waals surface area contributed by atoms with E-state index in [1.807, 2.05) is 13.8 Å². The molecule has 0 radical (unpaired) electrons. The Kier molecular flexibility index (Phi) is 17.7. The van der Waals surface area contributed by atoms with Gasteiger partial charge in [-0.25, -0.2) is 0 Å². The van der Waals surface area contributed by atoms with Crippen molar-refractivity contribution >= 4 is 0 Å². The zero-order chi connectivity index (χ0) is 18.6. The zero-order valence-corrected chi connectivity index (χ0v) is 18.4. The van der Waals surface area contributed by atoms with E-state index in [9.17, 15) is 0 Å². The summed E-state index contributed by atoms with van der Waals surface area (Å²) >= 11 is 0. The Bertz CT molecular complexity index is 156. The van der Waals surface area contributed by atoms with Gasteiger partial charge in [0, 0.05) is 12.1 Å². The van der Waals surface area contributed by atoms with Gasteiger partial charge in [-0.1, -0.05) is 69.2 Å². The highest BCUT2D eigenvalue weighted by molar-refractivity contribution is 4.73. The van der Waals surface area contributed by atoms with Crippen LogP contribution in [0.1, 0.15) is 69.2 Å². The Morgan fingerprint density at radius 2 is 0.545 bits per heavy atom. The Morgan fingerprint density at radius 3 is 0.545 bits per heavy atom. The van der Waals surface area contributed by atoms with Gasteiger partial charge in [-0.15, -0.1) is 0 Å². The van der Waals surface area contributed by atoms with Crippen LogP contribution in [-0.2, 0) is 0 Å². The van der Waals surface area contributed by atoms with Gasteiger partial charge in [0.25, 0.3) is 0 Å². The van der Waals surface area contributed by atoms with Gasteiger partial charge in [0.05, 0.1) is 0 Å². The van der Waals surface area contributed by atoms with E-state index in [0.717, 1.165) is 35.8 Å². The third kappa shape index (κ3) is 12.5. The molecule has 0 aliphatic carbocycles. The predicted molar refractivity (Wildman–Crippen MR) is 106 cm³/mol. The van der Waals surface area contributed by atoms with Crippen molar-refractivity contribution in [3.63, 3.8) is 0 Å². The van der Waals surface area contributed by atoms with Crippen LogP contribution >= 0.6 is 0 Å². The second-order valence-corrected chi connectivity index (χ2v) is 7.88. The molecule has 0 aromatic heterocycles. The molecule has 0 aromatic rings. The maximum Gasteiger partial charge on any atom is 0.0135 e. The van der Waals surface area contributed by atoms with E-state index in [-0.39, 0.29) is 0 Å². The van der Waals surface area contributed by atoms with Gasteiger partial charge in [-0.3, -0.25) is 0 Å². The van der Waals surface area contributed by atoms with Crippen LogP contribution in [0.15, 0.2) is 0 Å². The first-order chi connectivity index (χ1) is 9.93. The third-order valence-electron chi connectivity index (χ3n) is 3.92. The molecule has 0 saturated carbocycles. The summed E-state index contributed by atoms with van der Waals surface area (Å²) in [6, 6.07) is 1.44. The predicted octanol–water partition coefficient (Wildman–Crippen LogP) is 5.48.